The van der Waals surface area contributed by atoms with Gasteiger partial charge in [0, 0.05) is 21.1 Å². The van der Waals surface area contributed by atoms with Gasteiger partial charge in [-0.15, -0.1) is 0 Å². The summed E-state index contributed by atoms with van der Waals surface area (Å²) in [5.41, 5.74) is 0.924. The second-order valence-corrected chi connectivity index (χ2v) is 1.79. The van der Waals surface area contributed by atoms with Gasteiger partial charge in [-0.1, -0.05) is 18.2 Å². The van der Waals surface area contributed by atoms with Gasteiger partial charge in [0.15, 0.2) is 0 Å². The van der Waals surface area contributed by atoms with Gasteiger partial charge >= 0.3 is 0 Å². The van der Waals surface area contributed by atoms with Crippen LogP contribution in [0.25, 0.3) is 0 Å². The zero-order chi connectivity index (χ0) is 5.98. The molecule has 1 N–H and O–H groups in total. The van der Waals surface area contributed by atoms with E-state index in [9.17, 15) is 0 Å². The second kappa shape index (κ2) is 3.68. The molecule has 9 heavy (non-hydrogen) atoms. The number of hydrogen-bond acceptors (Lipinski definition) is 1. The molecule has 0 aromatic heterocycles. The molecule has 48 valence electrons. The fraction of sp³-hybridized carbons (Fsp3) is 0.143. The predicted molar refractivity (Wildman–Crippen MR) is 32.8 cm³/mol. The Balaban J connectivity index is 0.000000640. The molecule has 1 rings (SSSR count). The number of para-hydroxylation sites is 1. The molecule has 0 bridgehead atoms. The number of phenolic OH excluding ortho intramolecular Hbond substituents is 1. The first-order valence-electron chi connectivity index (χ1n) is 2.55. The molecule has 0 saturated carbocycles. The van der Waals surface area contributed by atoms with Crippen LogP contribution in [0.2, 0.25) is 0 Å². The van der Waals surface area contributed by atoms with E-state index in [-0.39, 0.29) is 21.1 Å². The van der Waals surface area contributed by atoms with E-state index in [4.69, 9.17) is 5.11 Å². The van der Waals surface area contributed by atoms with E-state index in [1.165, 1.54) is 0 Å². The van der Waals surface area contributed by atoms with Crippen molar-refractivity contribution in [1.82, 2.24) is 0 Å². The van der Waals surface area contributed by atoms with Crippen molar-refractivity contribution in [2.45, 2.75) is 6.92 Å². The molecule has 0 atom stereocenters. The first kappa shape index (κ1) is 8.71. The molecule has 0 radical (unpaired) electrons. The molecular weight excluding hydrogens is 196 g/mol. The average Bonchev–Trinajstić information content (AvgIpc) is 1.77. The maximum atomic E-state index is 8.92. The molecule has 0 fully saturated rings. The fourth-order valence-corrected chi connectivity index (χ4v) is 0.563. The quantitative estimate of drug-likeness (QED) is 0.637. The Morgan fingerprint density at radius 1 is 1.22 bits per heavy atom. The number of aryl methyl sites for hydroxylation is 1. The third kappa shape index (κ3) is 2.19. The van der Waals surface area contributed by atoms with Gasteiger partial charge in [0.1, 0.15) is 5.75 Å². The number of rotatable bonds is 0. The van der Waals surface area contributed by atoms with E-state index in [1.807, 2.05) is 25.1 Å². The Hall–Kier alpha value is -0.292. The van der Waals surface area contributed by atoms with E-state index in [0.29, 0.717) is 5.75 Å². The van der Waals surface area contributed by atoms with E-state index >= 15 is 0 Å². The summed E-state index contributed by atoms with van der Waals surface area (Å²) in [5, 5.41) is 8.92. The zero-order valence-electron chi connectivity index (χ0n) is 5.16. The van der Waals surface area contributed by atoms with E-state index in [2.05, 4.69) is 0 Å². The monoisotopic (exact) mass is 206 g/mol. The predicted octanol–water partition coefficient (Wildman–Crippen LogP) is 1.70. The Morgan fingerprint density at radius 3 is 2.11 bits per heavy atom. The number of aromatic hydroxyl groups is 1. The maximum Gasteiger partial charge on any atom is 0.118 e. The van der Waals surface area contributed by atoms with Crippen LogP contribution in [0.1, 0.15) is 5.56 Å². The molecule has 0 unspecified atom stereocenters. The molecule has 1 aromatic carbocycles. The minimum absolute atomic E-state index is 0. The Labute approximate surface area is 69.0 Å². The van der Waals surface area contributed by atoms with Gasteiger partial charge in [0.2, 0.25) is 0 Å². The van der Waals surface area contributed by atoms with Crippen LogP contribution in [-0.4, -0.2) is 5.11 Å². The van der Waals surface area contributed by atoms with Gasteiger partial charge in [-0.3, -0.25) is 0 Å². The molecule has 1 nitrogen and oxygen atoms in total. The average molecular weight is 204 g/mol. The first-order valence-corrected chi connectivity index (χ1v) is 2.55. The molecular formula is C7H8MoO. The largest absolute Gasteiger partial charge is 0.508 e. The smallest absolute Gasteiger partial charge is 0.118 e. The van der Waals surface area contributed by atoms with Crippen LogP contribution in [0, 0.1) is 6.92 Å². The van der Waals surface area contributed by atoms with Gasteiger partial charge in [0.05, 0.1) is 0 Å². The van der Waals surface area contributed by atoms with E-state index in [0.717, 1.165) is 5.56 Å². The summed E-state index contributed by atoms with van der Waals surface area (Å²) in [6.07, 6.45) is 0. The fourth-order valence-electron chi connectivity index (χ4n) is 0.563. The third-order valence-electron chi connectivity index (χ3n) is 1.12. The van der Waals surface area contributed by atoms with Crippen molar-refractivity contribution in [2.24, 2.45) is 0 Å². The van der Waals surface area contributed by atoms with Crippen molar-refractivity contribution in [1.29, 1.82) is 0 Å². The van der Waals surface area contributed by atoms with Crippen molar-refractivity contribution in [3.05, 3.63) is 29.8 Å². The Morgan fingerprint density at radius 2 is 1.78 bits per heavy atom. The summed E-state index contributed by atoms with van der Waals surface area (Å²) in [6.45, 7) is 1.87. The van der Waals surface area contributed by atoms with E-state index < -0.39 is 0 Å². The molecule has 1 aromatic rings. The van der Waals surface area contributed by atoms with Crippen molar-refractivity contribution in [2.75, 3.05) is 0 Å². The van der Waals surface area contributed by atoms with Crippen LogP contribution in [0.4, 0.5) is 0 Å². The van der Waals surface area contributed by atoms with Crippen LogP contribution in [0.15, 0.2) is 24.3 Å². The molecule has 0 aliphatic carbocycles. The van der Waals surface area contributed by atoms with Crippen LogP contribution < -0.4 is 0 Å². The first-order chi connectivity index (χ1) is 3.80. The molecule has 2 heteroatoms. The summed E-state index contributed by atoms with van der Waals surface area (Å²) < 4.78 is 0. The SMILES string of the molecule is Cc1ccccc1O.[Mo]. The maximum absolute atomic E-state index is 8.92. The summed E-state index contributed by atoms with van der Waals surface area (Å²) in [7, 11) is 0. The minimum atomic E-state index is 0. The van der Waals surface area contributed by atoms with Gasteiger partial charge < -0.3 is 5.11 Å². The summed E-state index contributed by atoms with van der Waals surface area (Å²) in [5.74, 6) is 0.368. The minimum Gasteiger partial charge on any atom is -0.508 e. The van der Waals surface area contributed by atoms with Crippen molar-refractivity contribution >= 4 is 0 Å². The number of benzene rings is 1. The van der Waals surface area contributed by atoms with Crippen molar-refractivity contribution in [3.8, 4) is 5.75 Å². The standard InChI is InChI=1S/C7H8O.Mo/c1-6-4-2-3-5-7(6)8;/h2-5,8H,1H3;. The van der Waals surface area contributed by atoms with Gasteiger partial charge in [-0.25, -0.2) is 0 Å². The van der Waals surface area contributed by atoms with Gasteiger partial charge in [-0.2, -0.15) is 0 Å². The van der Waals surface area contributed by atoms with E-state index in [1.54, 1.807) is 6.07 Å². The molecule has 0 saturated heterocycles. The number of hydrogen-bond donors (Lipinski definition) is 1. The Kier molecular flexibility index (Phi) is 3.56. The number of phenols is 1. The van der Waals surface area contributed by atoms with Crippen LogP contribution in [0.5, 0.6) is 5.75 Å². The van der Waals surface area contributed by atoms with Crippen LogP contribution in [-0.2, 0) is 21.1 Å². The molecule has 0 spiro atoms. The molecule has 0 aliphatic heterocycles. The van der Waals surface area contributed by atoms with Crippen molar-refractivity contribution in [3.63, 3.8) is 0 Å². The molecule has 0 aliphatic rings. The van der Waals surface area contributed by atoms with Crippen LogP contribution in [0.3, 0.4) is 0 Å². The Bertz CT molecular complexity index is 165. The summed E-state index contributed by atoms with van der Waals surface area (Å²) >= 11 is 0. The van der Waals surface area contributed by atoms with Gasteiger partial charge in [-0.05, 0) is 18.6 Å². The van der Waals surface area contributed by atoms with Crippen molar-refractivity contribution < 1.29 is 26.2 Å². The zero-order valence-corrected chi connectivity index (χ0v) is 7.17. The second-order valence-electron chi connectivity index (χ2n) is 1.79. The molecule has 0 amide bonds. The van der Waals surface area contributed by atoms with Crippen LogP contribution >= 0.6 is 0 Å². The third-order valence-corrected chi connectivity index (χ3v) is 1.12. The van der Waals surface area contributed by atoms with Gasteiger partial charge in [0.25, 0.3) is 0 Å². The summed E-state index contributed by atoms with van der Waals surface area (Å²) in [6, 6.07) is 7.25. The normalized spacial score (nSPS) is 8.11. The topological polar surface area (TPSA) is 20.2 Å². The molecule has 0 heterocycles. The summed E-state index contributed by atoms with van der Waals surface area (Å²) in [4.78, 5) is 0.